The molecule has 1 N–H and O–H groups in total. The smallest absolute Gasteiger partial charge is 0.178 e. The van der Waals surface area contributed by atoms with Crippen LogP contribution in [0.5, 0.6) is 0 Å². The lowest BCUT2D eigenvalue weighted by Gasteiger charge is -2.22. The van der Waals surface area contributed by atoms with Gasteiger partial charge in [0, 0.05) is 5.56 Å². The molecule has 92 valence electrons. The number of aliphatic hydroxyl groups is 1. The van der Waals surface area contributed by atoms with Gasteiger partial charge in [-0.1, -0.05) is 52.8 Å². The zero-order chi connectivity index (χ0) is 12.5. The lowest BCUT2D eigenvalue weighted by Crippen LogP contribution is -2.29. The molecular weight excluding hydrogens is 246 g/mol. The Hall–Kier alpha value is -1.33. The van der Waals surface area contributed by atoms with E-state index < -0.39 is 17.6 Å². The lowest BCUT2D eigenvalue weighted by atomic mass is 10.2. The molecule has 0 amide bonds. The second-order valence-electron chi connectivity index (χ2n) is 4.22. The Balaban J connectivity index is 1.88. The van der Waals surface area contributed by atoms with Crippen LogP contribution in [0.15, 0.2) is 59.5 Å². The minimum atomic E-state index is -1.28. The molecule has 0 aliphatic carbocycles. The van der Waals surface area contributed by atoms with E-state index in [1.807, 2.05) is 54.6 Å². The second-order valence-corrected chi connectivity index (χ2v) is 5.62. The molecule has 0 bridgehead atoms. The van der Waals surface area contributed by atoms with Crippen LogP contribution >= 0.6 is 0 Å². The first-order valence-corrected chi connectivity index (χ1v) is 6.87. The van der Waals surface area contributed by atoms with Crippen LogP contribution in [0.1, 0.15) is 17.4 Å². The van der Waals surface area contributed by atoms with Gasteiger partial charge in [-0.2, -0.15) is 0 Å². The Morgan fingerprint density at radius 3 is 2.44 bits per heavy atom. The summed E-state index contributed by atoms with van der Waals surface area (Å²) >= 11 is -1.28. The third-order valence-electron chi connectivity index (χ3n) is 3.07. The van der Waals surface area contributed by atoms with Crippen LogP contribution in [0.3, 0.4) is 0 Å². The highest BCUT2D eigenvalue weighted by atomic mass is 32.2. The number of hydrogen-bond donors (Lipinski definition) is 1. The maximum Gasteiger partial charge on any atom is 0.178 e. The highest BCUT2D eigenvalue weighted by molar-refractivity contribution is 7.89. The van der Waals surface area contributed by atoms with Crippen LogP contribution in [0.4, 0.5) is 0 Å². The van der Waals surface area contributed by atoms with Crippen LogP contribution < -0.4 is 0 Å². The van der Waals surface area contributed by atoms with Crippen LogP contribution in [0.2, 0.25) is 0 Å². The highest BCUT2D eigenvalue weighted by Gasteiger charge is 2.38. The molecule has 3 rings (SSSR count). The molecule has 2 atom stereocenters. The summed E-state index contributed by atoms with van der Waals surface area (Å²) in [6, 6.07) is 16.9. The Bertz CT molecular complexity index is 547. The molecule has 0 aromatic heterocycles. The summed E-state index contributed by atoms with van der Waals surface area (Å²) in [6.45, 7) is 0.513. The Kier molecular flexibility index (Phi) is 3.09. The highest BCUT2D eigenvalue weighted by Crippen LogP contribution is 2.35. The van der Waals surface area contributed by atoms with E-state index in [2.05, 4.69) is 0 Å². The maximum atomic E-state index is 12.3. The fraction of sp³-hybridized carbons (Fsp3) is 0.143. The molecule has 0 saturated carbocycles. The third kappa shape index (κ3) is 1.93. The minimum absolute atomic E-state index is 0.513. The van der Waals surface area contributed by atoms with E-state index in [-0.39, 0.29) is 0 Å². The number of aliphatic hydroxyl groups excluding tert-OH is 1. The quantitative estimate of drug-likeness (QED) is 0.841. The summed E-state index contributed by atoms with van der Waals surface area (Å²) in [4.78, 5) is 0.799. The molecule has 3 nitrogen and oxygen atoms in total. The zero-order valence-electron chi connectivity index (χ0n) is 9.69. The Morgan fingerprint density at radius 1 is 1.06 bits per heavy atom. The standard InChI is InChI=1S/C14H13NO2S/c16-14(11-6-2-1-3-7-11)15-10-12-8-4-5-9-13(12)18(15)17/h1-9,14,16H,10H2. The zero-order valence-corrected chi connectivity index (χ0v) is 10.5. The van der Waals surface area contributed by atoms with Crippen molar-refractivity contribution in [1.29, 1.82) is 0 Å². The molecule has 2 aromatic carbocycles. The average molecular weight is 259 g/mol. The van der Waals surface area contributed by atoms with Crippen LogP contribution in [0, 0.1) is 0 Å². The summed E-state index contributed by atoms with van der Waals surface area (Å²) in [5.41, 5.74) is 1.78. The fourth-order valence-corrected chi connectivity index (χ4v) is 3.49. The van der Waals surface area contributed by atoms with Crippen molar-refractivity contribution in [2.45, 2.75) is 17.7 Å². The summed E-state index contributed by atoms with van der Waals surface area (Å²) in [7, 11) is 0. The van der Waals surface area contributed by atoms with E-state index in [1.54, 1.807) is 4.31 Å². The van der Waals surface area contributed by atoms with Crippen molar-refractivity contribution in [3.63, 3.8) is 0 Å². The summed E-state index contributed by atoms with van der Waals surface area (Å²) in [5, 5.41) is 10.3. The van der Waals surface area contributed by atoms with Crippen molar-refractivity contribution in [3.05, 3.63) is 65.7 Å². The molecule has 2 unspecified atom stereocenters. The van der Waals surface area contributed by atoms with E-state index in [1.165, 1.54) is 0 Å². The monoisotopic (exact) mass is 259 g/mol. The Labute approximate surface area is 109 Å². The van der Waals surface area contributed by atoms with Crippen LogP contribution in [-0.2, 0) is 17.9 Å². The molecule has 0 spiro atoms. The number of fused-ring (bicyclic) bond motifs is 1. The third-order valence-corrected chi connectivity index (χ3v) is 4.60. The van der Waals surface area contributed by atoms with Crippen molar-refractivity contribution in [2.24, 2.45) is 0 Å². The molecule has 1 aliphatic rings. The van der Waals surface area contributed by atoms with Crippen molar-refractivity contribution >= 4 is 11.4 Å². The van der Waals surface area contributed by atoms with Gasteiger partial charge < -0.3 is 9.66 Å². The molecular formula is C14H13NO2S. The average Bonchev–Trinajstić information content (AvgIpc) is 2.77. The molecule has 0 radical (unpaired) electrons. The summed E-state index contributed by atoms with van der Waals surface area (Å²) < 4.78 is 13.9. The predicted molar refractivity (Wildman–Crippen MR) is 69.8 cm³/mol. The first-order valence-electron chi connectivity index (χ1n) is 5.77. The molecule has 0 saturated heterocycles. The van der Waals surface area contributed by atoms with E-state index in [0.717, 1.165) is 16.0 Å². The van der Waals surface area contributed by atoms with Gasteiger partial charge in [-0.3, -0.25) is 0 Å². The summed E-state index contributed by atoms with van der Waals surface area (Å²) in [6.07, 6.45) is -0.834. The van der Waals surface area contributed by atoms with Crippen LogP contribution in [-0.4, -0.2) is 14.0 Å². The van der Waals surface area contributed by atoms with Gasteiger partial charge in [0.25, 0.3) is 0 Å². The first-order chi connectivity index (χ1) is 8.77. The lowest BCUT2D eigenvalue weighted by molar-refractivity contribution is 0.0612. The molecule has 1 heterocycles. The van der Waals surface area contributed by atoms with Gasteiger partial charge in [0.2, 0.25) is 0 Å². The summed E-state index contributed by atoms with van der Waals surface area (Å²) in [5.74, 6) is 0. The SMILES string of the molecule is [O-][S+]1c2ccccc2CN1C(O)c1ccccc1. The van der Waals surface area contributed by atoms with Crippen molar-refractivity contribution in [3.8, 4) is 0 Å². The van der Waals surface area contributed by atoms with E-state index in [0.29, 0.717) is 6.54 Å². The largest absolute Gasteiger partial charge is 0.593 e. The molecule has 18 heavy (non-hydrogen) atoms. The predicted octanol–water partition coefficient (Wildman–Crippen LogP) is 2.22. The van der Waals surface area contributed by atoms with Gasteiger partial charge in [-0.05, 0) is 11.6 Å². The number of nitrogens with zero attached hydrogens (tertiary/aromatic N) is 1. The van der Waals surface area contributed by atoms with Gasteiger partial charge >= 0.3 is 0 Å². The molecule has 4 heteroatoms. The van der Waals surface area contributed by atoms with Crippen LogP contribution in [0.25, 0.3) is 0 Å². The number of rotatable bonds is 2. The molecule has 0 fully saturated rings. The van der Waals surface area contributed by atoms with E-state index >= 15 is 0 Å². The fourth-order valence-electron chi connectivity index (χ4n) is 2.13. The topological polar surface area (TPSA) is 46.5 Å². The van der Waals surface area contributed by atoms with Gasteiger partial charge in [-0.25, -0.2) is 0 Å². The van der Waals surface area contributed by atoms with E-state index in [9.17, 15) is 9.66 Å². The molecule has 2 aromatic rings. The first kappa shape index (κ1) is 11.7. The van der Waals surface area contributed by atoms with Gasteiger partial charge in [0.15, 0.2) is 11.1 Å². The second kappa shape index (κ2) is 4.74. The maximum absolute atomic E-state index is 12.3. The van der Waals surface area contributed by atoms with Gasteiger partial charge in [0.05, 0.1) is 17.9 Å². The number of hydrogen-bond acceptors (Lipinski definition) is 3. The van der Waals surface area contributed by atoms with Crippen molar-refractivity contribution < 1.29 is 9.66 Å². The Morgan fingerprint density at radius 2 is 1.72 bits per heavy atom. The normalized spacial score (nSPS) is 20.7. The van der Waals surface area contributed by atoms with E-state index in [4.69, 9.17) is 0 Å². The van der Waals surface area contributed by atoms with Gasteiger partial charge in [0.1, 0.15) is 0 Å². The van der Waals surface area contributed by atoms with Gasteiger partial charge in [-0.15, -0.1) is 0 Å². The molecule has 1 aliphatic heterocycles. The van der Waals surface area contributed by atoms with Crippen molar-refractivity contribution in [2.75, 3.05) is 0 Å². The minimum Gasteiger partial charge on any atom is -0.593 e. The number of benzene rings is 2. The van der Waals surface area contributed by atoms with Crippen molar-refractivity contribution in [1.82, 2.24) is 4.31 Å².